The summed E-state index contributed by atoms with van der Waals surface area (Å²) < 4.78 is 0.978. The van der Waals surface area contributed by atoms with E-state index < -0.39 is 0 Å². The van der Waals surface area contributed by atoms with Crippen molar-refractivity contribution >= 4 is 38.3 Å². The highest BCUT2D eigenvalue weighted by molar-refractivity contribution is 9.11. The van der Waals surface area contributed by atoms with E-state index in [4.69, 9.17) is 0 Å². The lowest BCUT2D eigenvalue weighted by molar-refractivity contribution is -0.117. The molecule has 0 radical (unpaired) electrons. The third-order valence-corrected chi connectivity index (χ3v) is 4.93. The molecule has 2 aromatic rings. The first-order valence-corrected chi connectivity index (χ1v) is 7.80. The number of amides is 1. The van der Waals surface area contributed by atoms with Crippen molar-refractivity contribution in [3.63, 3.8) is 0 Å². The van der Waals surface area contributed by atoms with Crippen molar-refractivity contribution in [2.24, 2.45) is 0 Å². The molecule has 1 aliphatic heterocycles. The van der Waals surface area contributed by atoms with Crippen LogP contribution in [0.25, 0.3) is 11.3 Å². The van der Waals surface area contributed by atoms with E-state index in [2.05, 4.69) is 52.1 Å². The molecule has 3 rings (SSSR count). The van der Waals surface area contributed by atoms with Gasteiger partial charge >= 0.3 is 0 Å². The summed E-state index contributed by atoms with van der Waals surface area (Å²) in [5.41, 5.74) is 3.22. The second kappa shape index (κ2) is 5.06. The summed E-state index contributed by atoms with van der Waals surface area (Å²) in [7, 11) is 0. The van der Waals surface area contributed by atoms with Crippen LogP contribution in [0.3, 0.4) is 0 Å². The van der Waals surface area contributed by atoms with Gasteiger partial charge in [-0.25, -0.2) is 4.98 Å². The minimum absolute atomic E-state index is 0.178. The molecule has 98 valence electrons. The van der Waals surface area contributed by atoms with Crippen molar-refractivity contribution in [2.45, 2.75) is 19.8 Å². The Morgan fingerprint density at radius 1 is 1.32 bits per heavy atom. The standard InChI is InChI=1S/C14H13BrN2OS/c1-9-4-6-10(7-5-9)12-13(15)19-14(16-12)17-8-2-3-11(17)18/h4-7H,2-3,8H2,1H3. The minimum atomic E-state index is 0.178. The third-order valence-electron chi connectivity index (χ3n) is 3.20. The molecule has 1 aromatic carbocycles. The lowest BCUT2D eigenvalue weighted by atomic mass is 10.1. The molecule has 1 fully saturated rings. The zero-order valence-corrected chi connectivity index (χ0v) is 12.9. The Morgan fingerprint density at radius 2 is 2.05 bits per heavy atom. The molecule has 1 saturated heterocycles. The summed E-state index contributed by atoms with van der Waals surface area (Å²) in [5.74, 6) is 0.178. The Bertz CT molecular complexity index is 621. The Kier molecular flexibility index (Phi) is 3.41. The number of halogens is 1. The zero-order chi connectivity index (χ0) is 13.4. The number of nitrogens with zero attached hydrogens (tertiary/aromatic N) is 2. The molecular weight excluding hydrogens is 324 g/mol. The highest BCUT2D eigenvalue weighted by Gasteiger charge is 2.25. The predicted molar refractivity (Wildman–Crippen MR) is 81.6 cm³/mol. The summed E-state index contributed by atoms with van der Waals surface area (Å²) >= 11 is 5.08. The molecule has 1 aliphatic rings. The Morgan fingerprint density at radius 3 is 2.68 bits per heavy atom. The molecule has 0 N–H and O–H groups in total. The normalized spacial score (nSPS) is 15.3. The first kappa shape index (κ1) is 12.8. The van der Waals surface area contributed by atoms with Gasteiger partial charge < -0.3 is 0 Å². The fourth-order valence-electron chi connectivity index (χ4n) is 2.15. The SMILES string of the molecule is Cc1ccc(-c2nc(N3CCCC3=O)sc2Br)cc1. The number of carbonyl (C=O) groups excluding carboxylic acids is 1. The lowest BCUT2D eigenvalue weighted by Gasteiger charge is -2.10. The molecule has 0 atom stereocenters. The van der Waals surface area contributed by atoms with Crippen LogP contribution in [0, 0.1) is 6.92 Å². The zero-order valence-electron chi connectivity index (χ0n) is 10.5. The fraction of sp³-hybridized carbons (Fsp3) is 0.286. The summed E-state index contributed by atoms with van der Waals surface area (Å²) in [6, 6.07) is 8.26. The molecule has 0 spiro atoms. The molecule has 1 amide bonds. The van der Waals surface area contributed by atoms with Gasteiger partial charge in [-0.1, -0.05) is 41.2 Å². The van der Waals surface area contributed by atoms with Crippen LogP contribution in [0.15, 0.2) is 28.1 Å². The van der Waals surface area contributed by atoms with Gasteiger partial charge in [0, 0.05) is 18.5 Å². The van der Waals surface area contributed by atoms with E-state index >= 15 is 0 Å². The van der Waals surface area contributed by atoms with Crippen LogP contribution in [0.1, 0.15) is 18.4 Å². The lowest BCUT2D eigenvalue weighted by Crippen LogP contribution is -2.23. The number of aromatic nitrogens is 1. The van der Waals surface area contributed by atoms with Crippen LogP contribution in [0.2, 0.25) is 0 Å². The minimum Gasteiger partial charge on any atom is -0.288 e. The maximum Gasteiger partial charge on any atom is 0.228 e. The summed E-state index contributed by atoms with van der Waals surface area (Å²) in [6.07, 6.45) is 1.56. The number of carbonyl (C=O) groups is 1. The van der Waals surface area contributed by atoms with Gasteiger partial charge in [-0.3, -0.25) is 9.69 Å². The van der Waals surface area contributed by atoms with Gasteiger partial charge in [0.2, 0.25) is 5.91 Å². The maximum atomic E-state index is 11.8. The van der Waals surface area contributed by atoms with Crippen LogP contribution in [0.4, 0.5) is 5.13 Å². The van der Waals surface area contributed by atoms with E-state index in [1.54, 1.807) is 4.90 Å². The Hall–Kier alpha value is -1.20. The summed E-state index contributed by atoms with van der Waals surface area (Å²) in [6.45, 7) is 2.85. The number of hydrogen-bond donors (Lipinski definition) is 0. The second-order valence-electron chi connectivity index (χ2n) is 4.63. The number of aryl methyl sites for hydroxylation is 1. The molecule has 5 heteroatoms. The van der Waals surface area contributed by atoms with Gasteiger partial charge in [-0.15, -0.1) is 0 Å². The van der Waals surface area contributed by atoms with Crippen molar-refractivity contribution in [1.29, 1.82) is 0 Å². The topological polar surface area (TPSA) is 33.2 Å². The molecule has 3 nitrogen and oxygen atoms in total. The highest BCUT2D eigenvalue weighted by atomic mass is 79.9. The van der Waals surface area contributed by atoms with Gasteiger partial charge in [0.15, 0.2) is 5.13 Å². The summed E-state index contributed by atoms with van der Waals surface area (Å²) in [4.78, 5) is 18.2. The molecule has 19 heavy (non-hydrogen) atoms. The van der Waals surface area contributed by atoms with Crippen molar-refractivity contribution in [2.75, 3.05) is 11.4 Å². The van der Waals surface area contributed by atoms with Gasteiger partial charge in [-0.05, 0) is 29.3 Å². The third kappa shape index (κ3) is 2.44. The summed E-state index contributed by atoms with van der Waals surface area (Å²) in [5, 5.41) is 0.796. The van der Waals surface area contributed by atoms with Gasteiger partial charge in [0.05, 0.1) is 9.48 Å². The van der Waals surface area contributed by atoms with E-state index in [1.165, 1.54) is 16.9 Å². The van der Waals surface area contributed by atoms with E-state index in [9.17, 15) is 4.79 Å². The second-order valence-corrected chi connectivity index (χ2v) is 6.93. The van der Waals surface area contributed by atoms with Crippen molar-refractivity contribution in [1.82, 2.24) is 4.98 Å². The molecule has 0 saturated carbocycles. The smallest absolute Gasteiger partial charge is 0.228 e. The largest absolute Gasteiger partial charge is 0.288 e. The number of thiazole rings is 1. The molecular formula is C14H13BrN2OS. The first-order chi connectivity index (χ1) is 9.15. The van der Waals surface area contributed by atoms with Crippen molar-refractivity contribution < 1.29 is 4.79 Å². The van der Waals surface area contributed by atoms with Gasteiger partial charge in [0.1, 0.15) is 0 Å². The maximum absolute atomic E-state index is 11.8. The monoisotopic (exact) mass is 336 g/mol. The van der Waals surface area contributed by atoms with E-state index in [0.717, 1.165) is 33.1 Å². The Labute approximate surface area is 124 Å². The van der Waals surface area contributed by atoms with Crippen LogP contribution in [-0.4, -0.2) is 17.4 Å². The fourth-order valence-corrected chi connectivity index (χ4v) is 3.76. The van der Waals surface area contributed by atoms with E-state index in [1.807, 2.05) is 0 Å². The average Bonchev–Trinajstić information content (AvgIpc) is 2.96. The van der Waals surface area contributed by atoms with Gasteiger partial charge in [0.25, 0.3) is 0 Å². The molecule has 2 heterocycles. The predicted octanol–water partition coefficient (Wildman–Crippen LogP) is 4.01. The van der Waals surface area contributed by atoms with Crippen LogP contribution >= 0.6 is 27.3 Å². The van der Waals surface area contributed by atoms with E-state index in [-0.39, 0.29) is 5.91 Å². The number of benzene rings is 1. The number of hydrogen-bond acceptors (Lipinski definition) is 3. The molecule has 0 aliphatic carbocycles. The van der Waals surface area contributed by atoms with Gasteiger partial charge in [-0.2, -0.15) is 0 Å². The molecule has 0 bridgehead atoms. The Balaban J connectivity index is 1.97. The average molecular weight is 337 g/mol. The van der Waals surface area contributed by atoms with Crippen LogP contribution < -0.4 is 4.90 Å². The molecule has 0 unspecified atom stereocenters. The van der Waals surface area contributed by atoms with E-state index in [0.29, 0.717) is 6.42 Å². The van der Waals surface area contributed by atoms with Crippen LogP contribution in [0.5, 0.6) is 0 Å². The highest BCUT2D eigenvalue weighted by Crippen LogP contribution is 2.38. The number of anilines is 1. The molecule has 1 aromatic heterocycles. The van der Waals surface area contributed by atoms with Crippen molar-refractivity contribution in [3.05, 3.63) is 33.6 Å². The van der Waals surface area contributed by atoms with Crippen LogP contribution in [-0.2, 0) is 4.79 Å². The van der Waals surface area contributed by atoms with Crippen molar-refractivity contribution in [3.8, 4) is 11.3 Å². The first-order valence-electron chi connectivity index (χ1n) is 6.19. The quantitative estimate of drug-likeness (QED) is 0.830. The number of rotatable bonds is 2.